The number of hydrogen-bond donors (Lipinski definition) is 1. The number of allylic oxidation sites excluding steroid dienone is 1. The van der Waals surface area contributed by atoms with E-state index in [0.717, 1.165) is 23.7 Å². The van der Waals surface area contributed by atoms with Crippen molar-refractivity contribution < 1.29 is 9.90 Å². The molecule has 0 saturated heterocycles. The second-order valence-corrected chi connectivity index (χ2v) is 3.95. The summed E-state index contributed by atoms with van der Waals surface area (Å²) in [6.07, 6.45) is 6.25. The maximum absolute atomic E-state index is 10.6. The average molecular weight is 269 g/mol. The summed E-state index contributed by atoms with van der Waals surface area (Å²) in [4.78, 5) is 10.6. The molecule has 0 radical (unpaired) electrons. The third-order valence-corrected chi connectivity index (χ3v) is 2.53. The molecule has 0 unspecified atom stereocenters. The van der Waals surface area contributed by atoms with E-state index in [2.05, 4.69) is 22.0 Å². The summed E-state index contributed by atoms with van der Waals surface area (Å²) in [5.41, 5.74) is 1.36. The Labute approximate surface area is 97.8 Å². The lowest BCUT2D eigenvalue weighted by Gasteiger charge is -1.95. The Balaban J connectivity index is 2.56. The predicted molar refractivity (Wildman–Crippen MR) is 65.5 cm³/mol. The highest BCUT2D eigenvalue weighted by molar-refractivity contribution is 9.09. The van der Waals surface area contributed by atoms with Crippen LogP contribution in [0, 0.1) is 0 Å². The molecule has 80 valence electrons. The van der Waals surface area contributed by atoms with Crippen LogP contribution in [0.4, 0.5) is 0 Å². The van der Waals surface area contributed by atoms with Gasteiger partial charge in [-0.3, -0.25) is 0 Å². The molecule has 0 atom stereocenters. The molecule has 0 heterocycles. The molecule has 15 heavy (non-hydrogen) atoms. The highest BCUT2D eigenvalue weighted by Crippen LogP contribution is 2.07. The second-order valence-electron chi connectivity index (χ2n) is 3.16. The summed E-state index contributed by atoms with van der Waals surface area (Å²) in [5.74, 6) is -0.884. The number of rotatable bonds is 5. The zero-order chi connectivity index (χ0) is 11.1. The normalized spacial score (nSPS) is 10.7. The van der Waals surface area contributed by atoms with Gasteiger partial charge in [0.2, 0.25) is 0 Å². The number of aromatic carboxylic acids is 1. The fraction of sp³-hybridized carbons (Fsp3) is 0.250. The number of halogens is 1. The first-order valence-corrected chi connectivity index (χ1v) is 5.92. The Hall–Kier alpha value is -1.09. The number of carboxylic acid groups (broad SMARTS) is 1. The zero-order valence-corrected chi connectivity index (χ0v) is 9.90. The van der Waals surface area contributed by atoms with Crippen molar-refractivity contribution in [3.05, 3.63) is 41.5 Å². The van der Waals surface area contributed by atoms with Crippen molar-refractivity contribution in [2.24, 2.45) is 0 Å². The molecule has 1 N–H and O–H groups in total. The van der Waals surface area contributed by atoms with E-state index in [9.17, 15) is 4.79 Å². The lowest BCUT2D eigenvalue weighted by molar-refractivity contribution is 0.0697. The molecular weight excluding hydrogens is 256 g/mol. The van der Waals surface area contributed by atoms with E-state index in [0.29, 0.717) is 5.56 Å². The Morgan fingerprint density at radius 1 is 1.33 bits per heavy atom. The molecule has 0 aliphatic carbocycles. The van der Waals surface area contributed by atoms with Crippen LogP contribution < -0.4 is 0 Å². The fourth-order valence-electron chi connectivity index (χ4n) is 1.15. The maximum Gasteiger partial charge on any atom is 0.335 e. The third kappa shape index (κ3) is 4.30. The van der Waals surface area contributed by atoms with Gasteiger partial charge in [0.1, 0.15) is 0 Å². The highest BCUT2D eigenvalue weighted by atomic mass is 79.9. The molecule has 0 spiro atoms. The number of alkyl halides is 1. The smallest absolute Gasteiger partial charge is 0.335 e. The number of hydrogen-bond acceptors (Lipinski definition) is 1. The van der Waals surface area contributed by atoms with Gasteiger partial charge in [-0.1, -0.05) is 40.2 Å². The van der Waals surface area contributed by atoms with E-state index < -0.39 is 5.97 Å². The minimum absolute atomic E-state index is 0.326. The van der Waals surface area contributed by atoms with Crippen LogP contribution >= 0.6 is 15.9 Å². The van der Waals surface area contributed by atoms with Crippen LogP contribution in [-0.4, -0.2) is 16.4 Å². The molecule has 3 heteroatoms. The molecule has 0 saturated carbocycles. The SMILES string of the molecule is O=C(O)c1ccc(/C=C/CCCBr)cc1. The predicted octanol–water partition coefficient (Wildman–Crippen LogP) is 3.57. The minimum Gasteiger partial charge on any atom is -0.478 e. The second kappa shape index (κ2) is 6.40. The Morgan fingerprint density at radius 2 is 2.00 bits per heavy atom. The third-order valence-electron chi connectivity index (χ3n) is 1.97. The van der Waals surface area contributed by atoms with Gasteiger partial charge in [0.25, 0.3) is 0 Å². The lowest BCUT2D eigenvalue weighted by Crippen LogP contribution is -1.94. The molecule has 1 aromatic rings. The summed E-state index contributed by atoms with van der Waals surface area (Å²) in [5, 5.41) is 9.71. The van der Waals surface area contributed by atoms with E-state index in [1.54, 1.807) is 12.1 Å². The van der Waals surface area contributed by atoms with Gasteiger partial charge >= 0.3 is 5.97 Å². The molecule has 0 bridgehead atoms. The Morgan fingerprint density at radius 3 is 2.53 bits per heavy atom. The van der Waals surface area contributed by atoms with Gasteiger partial charge in [-0.05, 0) is 30.5 Å². The van der Waals surface area contributed by atoms with Crippen molar-refractivity contribution >= 4 is 28.0 Å². The Bertz CT molecular complexity index is 341. The van der Waals surface area contributed by atoms with E-state index in [-0.39, 0.29) is 0 Å². The van der Waals surface area contributed by atoms with Crippen molar-refractivity contribution in [3.63, 3.8) is 0 Å². The van der Waals surface area contributed by atoms with Crippen molar-refractivity contribution in [1.82, 2.24) is 0 Å². The summed E-state index contributed by atoms with van der Waals surface area (Å²) >= 11 is 3.36. The van der Waals surface area contributed by atoms with Gasteiger partial charge < -0.3 is 5.11 Å². The molecule has 0 aromatic heterocycles. The first kappa shape index (κ1) is 12.0. The number of unbranched alkanes of at least 4 members (excludes halogenated alkanes) is 1. The molecular formula is C12H13BrO2. The first-order valence-electron chi connectivity index (χ1n) is 4.80. The molecule has 0 aliphatic heterocycles. The van der Waals surface area contributed by atoms with E-state index >= 15 is 0 Å². The van der Waals surface area contributed by atoms with E-state index in [1.165, 1.54) is 0 Å². The quantitative estimate of drug-likeness (QED) is 0.655. The van der Waals surface area contributed by atoms with Gasteiger partial charge in [0.05, 0.1) is 5.56 Å². The van der Waals surface area contributed by atoms with Gasteiger partial charge in [0, 0.05) is 5.33 Å². The maximum atomic E-state index is 10.6. The van der Waals surface area contributed by atoms with Gasteiger partial charge in [0.15, 0.2) is 0 Å². The average Bonchev–Trinajstić information content (AvgIpc) is 2.25. The summed E-state index contributed by atoms with van der Waals surface area (Å²) in [7, 11) is 0. The van der Waals surface area contributed by atoms with Crippen LogP contribution in [0.2, 0.25) is 0 Å². The largest absolute Gasteiger partial charge is 0.478 e. The van der Waals surface area contributed by atoms with Gasteiger partial charge in [-0.15, -0.1) is 0 Å². The molecule has 0 aliphatic rings. The fourth-order valence-corrected chi connectivity index (χ4v) is 1.47. The molecule has 1 aromatic carbocycles. The van der Waals surface area contributed by atoms with E-state index in [1.807, 2.05) is 18.2 Å². The first-order chi connectivity index (χ1) is 7.24. The van der Waals surface area contributed by atoms with Crippen molar-refractivity contribution in [2.75, 3.05) is 5.33 Å². The van der Waals surface area contributed by atoms with Gasteiger partial charge in [-0.2, -0.15) is 0 Å². The summed E-state index contributed by atoms with van der Waals surface area (Å²) < 4.78 is 0. The van der Waals surface area contributed by atoms with Crippen LogP contribution in [0.15, 0.2) is 30.3 Å². The summed E-state index contributed by atoms with van der Waals surface area (Å²) in [6.45, 7) is 0. The topological polar surface area (TPSA) is 37.3 Å². The number of carboxylic acids is 1. The number of benzene rings is 1. The van der Waals surface area contributed by atoms with Crippen molar-refractivity contribution in [3.8, 4) is 0 Å². The highest BCUT2D eigenvalue weighted by Gasteiger charge is 1.99. The molecule has 0 fully saturated rings. The van der Waals surface area contributed by atoms with E-state index in [4.69, 9.17) is 5.11 Å². The summed E-state index contributed by atoms with van der Waals surface area (Å²) in [6, 6.07) is 6.86. The number of carbonyl (C=O) groups is 1. The van der Waals surface area contributed by atoms with Crippen LogP contribution in [-0.2, 0) is 0 Å². The van der Waals surface area contributed by atoms with Crippen molar-refractivity contribution in [2.45, 2.75) is 12.8 Å². The standard InChI is InChI=1S/C12H13BrO2/c13-9-3-1-2-4-10-5-7-11(8-6-10)12(14)15/h2,4-8H,1,3,9H2,(H,14,15)/b4-2+. The van der Waals surface area contributed by atoms with Crippen molar-refractivity contribution in [1.29, 1.82) is 0 Å². The Kier molecular flexibility index (Phi) is 5.12. The molecule has 1 rings (SSSR count). The van der Waals surface area contributed by atoms with Crippen LogP contribution in [0.3, 0.4) is 0 Å². The minimum atomic E-state index is -0.884. The monoisotopic (exact) mass is 268 g/mol. The molecule has 0 amide bonds. The van der Waals surface area contributed by atoms with Crippen LogP contribution in [0.5, 0.6) is 0 Å². The van der Waals surface area contributed by atoms with Crippen LogP contribution in [0.1, 0.15) is 28.8 Å². The lowest BCUT2D eigenvalue weighted by atomic mass is 10.1. The molecule has 2 nitrogen and oxygen atoms in total. The van der Waals surface area contributed by atoms with Gasteiger partial charge in [-0.25, -0.2) is 4.79 Å². The van der Waals surface area contributed by atoms with Crippen LogP contribution in [0.25, 0.3) is 6.08 Å². The zero-order valence-electron chi connectivity index (χ0n) is 8.32.